The van der Waals surface area contributed by atoms with Gasteiger partial charge in [-0.1, -0.05) is 30.7 Å². The van der Waals surface area contributed by atoms with Crippen LogP contribution in [-0.4, -0.2) is 42.6 Å². The molecule has 12 heteroatoms. The highest BCUT2D eigenvalue weighted by Crippen LogP contribution is 2.29. The first kappa shape index (κ1) is 29.7. The fourth-order valence-corrected chi connectivity index (χ4v) is 4.09. The first-order valence-electron chi connectivity index (χ1n) is 12.3. The third-order valence-corrected chi connectivity index (χ3v) is 6.66. The van der Waals surface area contributed by atoms with Crippen molar-refractivity contribution in [3.8, 4) is 0 Å². The van der Waals surface area contributed by atoms with Gasteiger partial charge in [0.05, 0.1) is 18.2 Å². The van der Waals surface area contributed by atoms with Crippen molar-refractivity contribution in [1.29, 1.82) is 0 Å². The molecule has 0 radical (unpaired) electrons. The number of hydrogen-bond donors (Lipinski definition) is 4. The van der Waals surface area contributed by atoms with E-state index in [1.807, 2.05) is 0 Å². The standard InChI is InChI=1S/C27H30ClF2N5O4/c1-27(8-3-10-32-23(36)14-31,25(37)34-16-18-4-2-5-21(30)24(18)28)9-11-39-26(38)35-22-13-19-12-20(29)7-6-17(19)15-33-22/h2,4-7,12-13,15H,3,8-11,14,16,31H2,1H3,(H,32,36)(H,34,37)(H,33,35,38). The summed E-state index contributed by atoms with van der Waals surface area (Å²) >= 11 is 6.00. The van der Waals surface area contributed by atoms with Crippen LogP contribution in [-0.2, 0) is 20.9 Å². The molecule has 0 aliphatic heterocycles. The Labute approximate surface area is 229 Å². The number of aromatic nitrogens is 1. The Balaban J connectivity index is 1.59. The summed E-state index contributed by atoms with van der Waals surface area (Å²) in [6.07, 6.45) is 1.68. The fourth-order valence-electron chi connectivity index (χ4n) is 3.89. The number of amides is 3. The number of nitrogens with two attached hydrogens (primary N) is 1. The van der Waals surface area contributed by atoms with Gasteiger partial charge in [0.25, 0.3) is 0 Å². The Hall–Kier alpha value is -3.83. The highest BCUT2D eigenvalue weighted by Gasteiger charge is 2.33. The van der Waals surface area contributed by atoms with Crippen molar-refractivity contribution >= 4 is 46.1 Å². The molecular formula is C27H30ClF2N5O4. The van der Waals surface area contributed by atoms with Gasteiger partial charge in [0.1, 0.15) is 17.5 Å². The van der Waals surface area contributed by atoms with Crippen LogP contribution in [0.3, 0.4) is 0 Å². The van der Waals surface area contributed by atoms with Crippen molar-refractivity contribution in [2.75, 3.05) is 25.0 Å². The molecule has 0 aliphatic carbocycles. The van der Waals surface area contributed by atoms with Gasteiger partial charge in [-0.25, -0.2) is 18.6 Å². The van der Waals surface area contributed by atoms with Crippen LogP contribution in [0.5, 0.6) is 0 Å². The molecule has 3 aromatic rings. The zero-order valence-corrected chi connectivity index (χ0v) is 22.1. The van der Waals surface area contributed by atoms with Gasteiger partial charge in [-0.2, -0.15) is 0 Å². The van der Waals surface area contributed by atoms with Gasteiger partial charge < -0.3 is 21.1 Å². The molecule has 0 spiro atoms. The summed E-state index contributed by atoms with van der Waals surface area (Å²) in [5, 5.41) is 9.11. The van der Waals surface area contributed by atoms with Gasteiger partial charge in [-0.05, 0) is 60.5 Å². The van der Waals surface area contributed by atoms with E-state index >= 15 is 0 Å². The number of benzene rings is 2. The van der Waals surface area contributed by atoms with E-state index in [0.29, 0.717) is 35.7 Å². The van der Waals surface area contributed by atoms with Crippen molar-refractivity contribution < 1.29 is 27.9 Å². The highest BCUT2D eigenvalue weighted by atomic mass is 35.5. The molecule has 0 aliphatic rings. The maximum absolute atomic E-state index is 13.8. The van der Waals surface area contributed by atoms with E-state index in [0.717, 1.165) is 0 Å². The van der Waals surface area contributed by atoms with Crippen molar-refractivity contribution in [2.45, 2.75) is 32.7 Å². The lowest BCUT2D eigenvalue weighted by molar-refractivity contribution is -0.131. The van der Waals surface area contributed by atoms with Crippen LogP contribution >= 0.6 is 11.6 Å². The SMILES string of the molecule is CC(CCCNC(=O)CN)(CCOC(=O)Nc1cc2cc(F)ccc2cn1)C(=O)NCc1cccc(F)c1Cl. The third-order valence-electron chi connectivity index (χ3n) is 6.23. The van der Waals surface area contributed by atoms with Crippen LogP contribution in [0.25, 0.3) is 10.8 Å². The second-order valence-corrected chi connectivity index (χ2v) is 9.56. The molecule has 2 aromatic carbocycles. The monoisotopic (exact) mass is 561 g/mol. The largest absolute Gasteiger partial charge is 0.449 e. The predicted octanol–water partition coefficient (Wildman–Crippen LogP) is 4.28. The summed E-state index contributed by atoms with van der Waals surface area (Å²) in [6.45, 7) is 1.78. The molecule has 1 heterocycles. The first-order valence-corrected chi connectivity index (χ1v) is 12.7. The lowest BCUT2D eigenvalue weighted by atomic mass is 9.81. The topological polar surface area (TPSA) is 135 Å². The number of ether oxygens (including phenoxy) is 1. The maximum Gasteiger partial charge on any atom is 0.412 e. The molecule has 0 fully saturated rings. The normalized spacial score (nSPS) is 12.4. The van der Waals surface area contributed by atoms with E-state index in [4.69, 9.17) is 22.1 Å². The summed E-state index contributed by atoms with van der Waals surface area (Å²) in [5.41, 5.74) is 4.72. The molecule has 1 atom stereocenters. The number of carbonyl (C=O) groups excluding carboxylic acids is 3. The Morgan fingerprint density at radius 3 is 2.64 bits per heavy atom. The Bertz CT molecular complexity index is 1340. The molecule has 208 valence electrons. The fraction of sp³-hybridized carbons (Fsp3) is 0.333. The summed E-state index contributed by atoms with van der Waals surface area (Å²) in [6, 6.07) is 10.1. The van der Waals surface area contributed by atoms with Crippen molar-refractivity contribution in [1.82, 2.24) is 15.6 Å². The molecule has 0 saturated heterocycles. The lowest BCUT2D eigenvalue weighted by Gasteiger charge is -2.28. The van der Waals surface area contributed by atoms with E-state index in [1.54, 1.807) is 19.1 Å². The zero-order valence-electron chi connectivity index (χ0n) is 21.4. The molecule has 5 N–H and O–H groups in total. The molecule has 0 saturated carbocycles. The smallest absolute Gasteiger partial charge is 0.412 e. The van der Waals surface area contributed by atoms with Crippen molar-refractivity contribution in [2.24, 2.45) is 11.1 Å². The molecule has 3 amide bonds. The van der Waals surface area contributed by atoms with Crippen LogP contribution in [0.1, 0.15) is 31.7 Å². The van der Waals surface area contributed by atoms with E-state index in [-0.39, 0.29) is 48.8 Å². The second-order valence-electron chi connectivity index (χ2n) is 9.19. The quantitative estimate of drug-likeness (QED) is 0.244. The van der Waals surface area contributed by atoms with Gasteiger partial charge >= 0.3 is 6.09 Å². The predicted molar refractivity (Wildman–Crippen MR) is 144 cm³/mol. The Kier molecular flexibility index (Phi) is 10.5. The minimum atomic E-state index is -0.994. The van der Waals surface area contributed by atoms with Crippen LogP contribution in [0.4, 0.5) is 19.4 Å². The average molecular weight is 562 g/mol. The van der Waals surface area contributed by atoms with Gasteiger partial charge in [-0.15, -0.1) is 0 Å². The molecular weight excluding hydrogens is 532 g/mol. The number of carbonyl (C=O) groups is 3. The number of fused-ring (bicyclic) bond motifs is 1. The molecule has 9 nitrogen and oxygen atoms in total. The van der Waals surface area contributed by atoms with E-state index in [9.17, 15) is 23.2 Å². The zero-order chi connectivity index (χ0) is 28.4. The number of nitrogens with one attached hydrogen (secondary N) is 3. The summed E-state index contributed by atoms with van der Waals surface area (Å²) < 4.78 is 32.6. The molecule has 39 heavy (non-hydrogen) atoms. The van der Waals surface area contributed by atoms with Crippen LogP contribution < -0.4 is 21.7 Å². The first-order chi connectivity index (χ1) is 18.6. The number of nitrogens with zero attached hydrogens (tertiary/aromatic N) is 1. The number of halogens is 3. The minimum absolute atomic E-state index is 0.00446. The molecule has 0 bridgehead atoms. The summed E-state index contributed by atoms with van der Waals surface area (Å²) in [4.78, 5) is 41.1. The second kappa shape index (κ2) is 13.8. The number of hydrogen-bond acceptors (Lipinski definition) is 6. The molecule has 1 unspecified atom stereocenters. The van der Waals surface area contributed by atoms with E-state index < -0.39 is 23.1 Å². The average Bonchev–Trinajstić information content (AvgIpc) is 2.91. The van der Waals surface area contributed by atoms with Gasteiger partial charge in [0.15, 0.2) is 0 Å². The van der Waals surface area contributed by atoms with Crippen molar-refractivity contribution in [3.05, 3.63) is 70.9 Å². The van der Waals surface area contributed by atoms with E-state index in [2.05, 4.69) is 20.9 Å². The highest BCUT2D eigenvalue weighted by molar-refractivity contribution is 6.31. The van der Waals surface area contributed by atoms with E-state index in [1.165, 1.54) is 36.5 Å². The third kappa shape index (κ3) is 8.59. The number of pyridine rings is 1. The van der Waals surface area contributed by atoms with Gasteiger partial charge in [0.2, 0.25) is 11.8 Å². The van der Waals surface area contributed by atoms with Gasteiger partial charge in [-0.3, -0.25) is 14.9 Å². The van der Waals surface area contributed by atoms with Crippen LogP contribution in [0, 0.1) is 17.0 Å². The Morgan fingerprint density at radius 1 is 1.08 bits per heavy atom. The lowest BCUT2D eigenvalue weighted by Crippen LogP contribution is -2.40. The summed E-state index contributed by atoms with van der Waals surface area (Å²) in [5.74, 6) is -1.49. The maximum atomic E-state index is 13.8. The van der Waals surface area contributed by atoms with Crippen LogP contribution in [0.15, 0.2) is 48.7 Å². The molecule has 3 rings (SSSR count). The minimum Gasteiger partial charge on any atom is -0.449 e. The molecule has 1 aromatic heterocycles. The van der Waals surface area contributed by atoms with Gasteiger partial charge in [0, 0.05) is 30.1 Å². The van der Waals surface area contributed by atoms with Crippen molar-refractivity contribution in [3.63, 3.8) is 0 Å². The number of rotatable bonds is 12. The van der Waals surface area contributed by atoms with Crippen LogP contribution in [0.2, 0.25) is 5.02 Å². The Morgan fingerprint density at radius 2 is 1.87 bits per heavy atom. The number of anilines is 1. The summed E-state index contributed by atoms with van der Waals surface area (Å²) in [7, 11) is 0.